The van der Waals surface area contributed by atoms with E-state index in [1.807, 2.05) is 0 Å². The van der Waals surface area contributed by atoms with Crippen LogP contribution in [0, 0.1) is 6.33 Å². The van der Waals surface area contributed by atoms with E-state index in [1.165, 1.54) is 49.9 Å². The van der Waals surface area contributed by atoms with Crippen molar-refractivity contribution in [2.45, 2.75) is 52.0 Å². The van der Waals surface area contributed by atoms with Crippen LogP contribution in [0.15, 0.2) is 0 Å². The summed E-state index contributed by atoms with van der Waals surface area (Å²) < 4.78 is 2.23. The van der Waals surface area contributed by atoms with E-state index >= 15 is 0 Å². The third-order valence-electron chi connectivity index (χ3n) is 2.78. The number of nitrogens with zero attached hydrogens (tertiary/aromatic N) is 2. The van der Waals surface area contributed by atoms with E-state index in [0.717, 1.165) is 6.54 Å². The molecule has 0 unspecified atom stereocenters. The Kier molecular flexibility index (Phi) is 2.67. The maximum absolute atomic E-state index is 4.35. The molecule has 0 fully saturated rings. The number of hydrogen-bond acceptors (Lipinski definition) is 1. The standard InChI is InChI=1S/C11H17N2/c1-2-3-8-13-9-12-10-6-4-5-7-11(10)13/h2-8H2,1H3. The average Bonchev–Trinajstić information content (AvgIpc) is 2.58. The van der Waals surface area contributed by atoms with Crippen LogP contribution in [0.2, 0.25) is 0 Å². The van der Waals surface area contributed by atoms with Crippen molar-refractivity contribution < 1.29 is 0 Å². The summed E-state index contributed by atoms with van der Waals surface area (Å²) in [5.74, 6) is 0. The van der Waals surface area contributed by atoms with Crippen molar-refractivity contribution >= 4 is 0 Å². The van der Waals surface area contributed by atoms with Crippen molar-refractivity contribution in [1.29, 1.82) is 0 Å². The minimum atomic E-state index is 1.11. The smallest absolute Gasteiger partial charge is 0.176 e. The lowest BCUT2D eigenvalue weighted by atomic mass is 10.0. The van der Waals surface area contributed by atoms with Gasteiger partial charge in [-0.2, -0.15) is 0 Å². The minimum Gasteiger partial charge on any atom is -0.325 e. The molecule has 1 aliphatic rings. The normalized spacial score (nSPS) is 15.8. The number of fused-ring (bicyclic) bond motifs is 1. The Morgan fingerprint density at radius 3 is 3.08 bits per heavy atom. The number of aromatic nitrogens is 2. The third-order valence-corrected chi connectivity index (χ3v) is 2.78. The predicted octanol–water partition coefficient (Wildman–Crippen LogP) is 2.36. The first kappa shape index (κ1) is 8.79. The van der Waals surface area contributed by atoms with Gasteiger partial charge in [0.25, 0.3) is 0 Å². The molecule has 2 rings (SSSR count). The first-order chi connectivity index (χ1) is 6.42. The van der Waals surface area contributed by atoms with E-state index in [0.29, 0.717) is 0 Å². The van der Waals surface area contributed by atoms with Crippen LogP contribution < -0.4 is 0 Å². The van der Waals surface area contributed by atoms with Gasteiger partial charge in [0.2, 0.25) is 0 Å². The van der Waals surface area contributed by atoms with E-state index in [1.54, 1.807) is 0 Å². The molecule has 0 spiro atoms. The molecule has 0 bridgehead atoms. The summed E-state index contributed by atoms with van der Waals surface area (Å²) in [4.78, 5) is 4.35. The quantitative estimate of drug-likeness (QED) is 0.693. The van der Waals surface area contributed by atoms with Crippen molar-refractivity contribution in [2.24, 2.45) is 0 Å². The molecule has 0 amide bonds. The zero-order valence-corrected chi connectivity index (χ0v) is 8.34. The first-order valence-electron chi connectivity index (χ1n) is 5.37. The Morgan fingerprint density at radius 2 is 2.23 bits per heavy atom. The van der Waals surface area contributed by atoms with E-state index < -0.39 is 0 Å². The van der Waals surface area contributed by atoms with Crippen LogP contribution in [-0.2, 0) is 19.4 Å². The minimum absolute atomic E-state index is 1.11. The van der Waals surface area contributed by atoms with Gasteiger partial charge in [-0.15, -0.1) is 0 Å². The van der Waals surface area contributed by atoms with Crippen molar-refractivity contribution in [3.05, 3.63) is 17.7 Å². The largest absolute Gasteiger partial charge is 0.325 e. The zero-order valence-electron chi connectivity index (χ0n) is 8.34. The first-order valence-corrected chi connectivity index (χ1v) is 5.37. The van der Waals surface area contributed by atoms with Gasteiger partial charge in [0.15, 0.2) is 6.33 Å². The second-order valence-corrected chi connectivity index (χ2v) is 3.82. The van der Waals surface area contributed by atoms with Crippen LogP contribution in [-0.4, -0.2) is 9.55 Å². The molecule has 2 heteroatoms. The molecule has 0 saturated carbocycles. The van der Waals surface area contributed by atoms with Gasteiger partial charge in [-0.05, 0) is 32.1 Å². The number of imidazole rings is 1. The third kappa shape index (κ3) is 1.77. The summed E-state index contributed by atoms with van der Waals surface area (Å²) in [7, 11) is 0. The highest BCUT2D eigenvalue weighted by Crippen LogP contribution is 2.19. The molecule has 0 aliphatic heterocycles. The predicted molar refractivity (Wildman–Crippen MR) is 52.6 cm³/mol. The average molecular weight is 177 g/mol. The Bertz CT molecular complexity index is 276. The molecule has 1 aromatic rings. The highest BCUT2D eigenvalue weighted by molar-refractivity contribution is 5.15. The number of rotatable bonds is 3. The van der Waals surface area contributed by atoms with Crippen molar-refractivity contribution in [3.8, 4) is 0 Å². The molecular formula is C11H17N2. The van der Waals surface area contributed by atoms with Crippen LogP contribution in [0.1, 0.15) is 44.0 Å². The maximum Gasteiger partial charge on any atom is 0.176 e. The molecule has 0 aromatic carbocycles. The molecule has 1 aliphatic carbocycles. The van der Waals surface area contributed by atoms with Gasteiger partial charge < -0.3 is 4.57 Å². The molecule has 13 heavy (non-hydrogen) atoms. The summed E-state index contributed by atoms with van der Waals surface area (Å²) in [5.41, 5.74) is 2.77. The van der Waals surface area contributed by atoms with Crippen LogP contribution in [0.25, 0.3) is 0 Å². The van der Waals surface area contributed by atoms with Gasteiger partial charge >= 0.3 is 0 Å². The lowest BCUT2D eigenvalue weighted by molar-refractivity contribution is 0.574. The fourth-order valence-electron chi connectivity index (χ4n) is 1.97. The summed E-state index contributed by atoms with van der Waals surface area (Å²) in [6.07, 6.45) is 10.7. The summed E-state index contributed by atoms with van der Waals surface area (Å²) in [5, 5.41) is 0. The lowest BCUT2D eigenvalue weighted by Crippen LogP contribution is -2.08. The second-order valence-electron chi connectivity index (χ2n) is 3.82. The van der Waals surface area contributed by atoms with E-state index in [9.17, 15) is 0 Å². The Labute approximate surface area is 80.0 Å². The van der Waals surface area contributed by atoms with Crippen molar-refractivity contribution in [3.63, 3.8) is 0 Å². The van der Waals surface area contributed by atoms with Gasteiger partial charge in [-0.25, -0.2) is 4.98 Å². The zero-order chi connectivity index (χ0) is 9.10. The summed E-state index contributed by atoms with van der Waals surface area (Å²) >= 11 is 0. The summed E-state index contributed by atoms with van der Waals surface area (Å²) in [6.45, 7) is 3.34. The Morgan fingerprint density at radius 1 is 1.38 bits per heavy atom. The van der Waals surface area contributed by atoms with E-state index in [-0.39, 0.29) is 0 Å². The fourth-order valence-corrected chi connectivity index (χ4v) is 1.97. The van der Waals surface area contributed by atoms with Crippen LogP contribution in [0.3, 0.4) is 0 Å². The maximum atomic E-state index is 4.35. The number of hydrogen-bond donors (Lipinski definition) is 0. The summed E-state index contributed by atoms with van der Waals surface area (Å²) in [6, 6.07) is 0. The van der Waals surface area contributed by atoms with E-state index in [2.05, 4.69) is 22.8 Å². The topological polar surface area (TPSA) is 17.8 Å². The van der Waals surface area contributed by atoms with Gasteiger partial charge in [-0.1, -0.05) is 13.3 Å². The molecule has 1 radical (unpaired) electrons. The van der Waals surface area contributed by atoms with E-state index in [4.69, 9.17) is 0 Å². The van der Waals surface area contributed by atoms with Crippen molar-refractivity contribution in [1.82, 2.24) is 9.55 Å². The lowest BCUT2D eigenvalue weighted by Gasteiger charge is -2.13. The molecule has 2 nitrogen and oxygen atoms in total. The van der Waals surface area contributed by atoms with Crippen LogP contribution in [0.4, 0.5) is 0 Å². The highest BCUT2D eigenvalue weighted by atomic mass is 15.1. The molecule has 71 valence electrons. The monoisotopic (exact) mass is 177 g/mol. The highest BCUT2D eigenvalue weighted by Gasteiger charge is 2.14. The molecule has 1 heterocycles. The number of aryl methyl sites for hydroxylation is 2. The van der Waals surface area contributed by atoms with Gasteiger partial charge in [0.1, 0.15) is 0 Å². The van der Waals surface area contributed by atoms with Gasteiger partial charge in [0.05, 0.1) is 5.69 Å². The molecular weight excluding hydrogens is 160 g/mol. The fraction of sp³-hybridized carbons (Fsp3) is 0.727. The SMILES string of the molecule is CCCCn1[c]nc2c1CCCC2. The second kappa shape index (κ2) is 3.95. The Hall–Kier alpha value is -0.790. The van der Waals surface area contributed by atoms with Crippen molar-refractivity contribution in [2.75, 3.05) is 0 Å². The Balaban J connectivity index is 2.12. The van der Waals surface area contributed by atoms with Gasteiger partial charge in [-0.3, -0.25) is 0 Å². The molecule has 1 aromatic heterocycles. The number of unbranched alkanes of at least 4 members (excludes halogenated alkanes) is 1. The molecule has 0 N–H and O–H groups in total. The van der Waals surface area contributed by atoms with Gasteiger partial charge in [0, 0.05) is 12.2 Å². The van der Waals surface area contributed by atoms with Crippen LogP contribution in [0.5, 0.6) is 0 Å². The molecule has 0 saturated heterocycles. The molecule has 0 atom stereocenters. The van der Waals surface area contributed by atoms with Crippen LogP contribution >= 0.6 is 0 Å².